The topological polar surface area (TPSA) is 67.6 Å². The molecule has 0 bridgehead atoms. The maximum absolute atomic E-state index is 6.15. The Kier molecular flexibility index (Phi) is 5.75. The fraction of sp³-hybridized carbons (Fsp3) is 0.333. The third-order valence-electron chi connectivity index (χ3n) is 6.82. The van der Waals surface area contributed by atoms with Gasteiger partial charge in [-0.05, 0) is 67.9 Å². The lowest BCUT2D eigenvalue weighted by Gasteiger charge is -2.19. The molecule has 164 valence electrons. The van der Waals surface area contributed by atoms with Crippen LogP contribution in [-0.2, 0) is 6.42 Å². The summed E-state index contributed by atoms with van der Waals surface area (Å²) in [6.45, 7) is 4.35. The van der Waals surface area contributed by atoms with Crippen LogP contribution >= 0.6 is 11.6 Å². The molecule has 3 N–H and O–H groups in total. The molecule has 0 amide bonds. The molecule has 4 aromatic rings. The largest absolute Gasteiger partial charge is 0.361 e. The first-order chi connectivity index (χ1) is 15.5. The third-order valence-corrected chi connectivity index (χ3v) is 7.07. The number of hydrogen-bond acceptors (Lipinski definition) is 3. The number of nitrogens with one attached hydrogen (secondary N) is 1. The molecule has 2 aromatic carbocycles. The molecular formula is C27H29ClN4. The van der Waals surface area contributed by atoms with Crippen LogP contribution in [-0.4, -0.2) is 21.0 Å². The summed E-state index contributed by atoms with van der Waals surface area (Å²) in [5.41, 5.74) is 14.6. The van der Waals surface area contributed by atoms with E-state index in [0.717, 1.165) is 47.5 Å². The molecule has 0 radical (unpaired) electrons. The lowest BCUT2D eigenvalue weighted by Crippen LogP contribution is -2.16. The minimum Gasteiger partial charge on any atom is -0.361 e. The number of nitrogens with two attached hydrogens (primary N) is 1. The first kappa shape index (κ1) is 21.2. The maximum Gasteiger partial charge on any atom is 0.116 e. The molecule has 0 aliphatic heterocycles. The lowest BCUT2D eigenvalue weighted by atomic mass is 9.86. The quantitative estimate of drug-likeness (QED) is 0.352. The van der Waals surface area contributed by atoms with Gasteiger partial charge in [-0.25, -0.2) is 9.97 Å². The van der Waals surface area contributed by atoms with E-state index in [0.29, 0.717) is 5.92 Å². The van der Waals surface area contributed by atoms with Crippen molar-refractivity contribution in [2.45, 2.75) is 57.4 Å². The van der Waals surface area contributed by atoms with Crippen molar-refractivity contribution in [3.8, 4) is 11.3 Å². The molecule has 3 atom stereocenters. The van der Waals surface area contributed by atoms with Crippen LogP contribution in [0.15, 0.2) is 55.0 Å². The Balaban J connectivity index is 1.56. The molecule has 1 aliphatic rings. The highest BCUT2D eigenvalue weighted by Gasteiger charge is 2.25. The number of aromatic nitrogens is 3. The summed E-state index contributed by atoms with van der Waals surface area (Å²) < 4.78 is 0. The summed E-state index contributed by atoms with van der Waals surface area (Å²) in [4.78, 5) is 12.7. The molecule has 4 nitrogen and oxygen atoms in total. The van der Waals surface area contributed by atoms with Gasteiger partial charge < -0.3 is 10.7 Å². The molecule has 5 heteroatoms. The van der Waals surface area contributed by atoms with Crippen LogP contribution in [0.1, 0.15) is 67.3 Å². The number of fused-ring (bicyclic) bond motifs is 2. The lowest BCUT2D eigenvalue weighted by molar-refractivity contribution is 0.587. The van der Waals surface area contributed by atoms with E-state index in [1.807, 2.05) is 12.1 Å². The van der Waals surface area contributed by atoms with Gasteiger partial charge in [-0.15, -0.1) is 0 Å². The van der Waals surface area contributed by atoms with Crippen molar-refractivity contribution in [2.75, 3.05) is 0 Å². The first-order valence-electron chi connectivity index (χ1n) is 11.5. The normalized spacial score (nSPS) is 17.4. The van der Waals surface area contributed by atoms with E-state index in [9.17, 15) is 0 Å². The summed E-state index contributed by atoms with van der Waals surface area (Å²) in [6.07, 6.45) is 8.01. The third kappa shape index (κ3) is 3.94. The van der Waals surface area contributed by atoms with E-state index >= 15 is 0 Å². The van der Waals surface area contributed by atoms with E-state index in [1.165, 1.54) is 27.8 Å². The number of aromatic amines is 1. The SMILES string of the molecule is CC(N)CC[C@H](c1ccc(Cl)cc1)c1c[nH]c2cc(-c3ncnc4c3[C@H](C)CC4)ccc12. The van der Waals surface area contributed by atoms with Gasteiger partial charge in [-0.2, -0.15) is 0 Å². The molecule has 1 unspecified atom stereocenters. The highest BCUT2D eigenvalue weighted by atomic mass is 35.5. The van der Waals surface area contributed by atoms with Gasteiger partial charge in [0.05, 0.1) is 5.69 Å². The monoisotopic (exact) mass is 444 g/mol. The number of nitrogens with zero attached hydrogens (tertiary/aromatic N) is 2. The van der Waals surface area contributed by atoms with Crippen molar-refractivity contribution >= 4 is 22.5 Å². The Morgan fingerprint density at radius 1 is 1.12 bits per heavy atom. The van der Waals surface area contributed by atoms with Crippen molar-refractivity contribution in [1.29, 1.82) is 0 Å². The molecule has 5 rings (SSSR count). The molecule has 0 fully saturated rings. The van der Waals surface area contributed by atoms with Crippen LogP contribution in [0.3, 0.4) is 0 Å². The van der Waals surface area contributed by atoms with Crippen molar-refractivity contribution in [3.05, 3.63) is 82.4 Å². The van der Waals surface area contributed by atoms with Crippen LogP contribution in [0.4, 0.5) is 0 Å². The highest BCUT2D eigenvalue weighted by molar-refractivity contribution is 6.30. The molecular weight excluding hydrogens is 416 g/mol. The summed E-state index contributed by atoms with van der Waals surface area (Å²) in [5.74, 6) is 0.768. The number of rotatable bonds is 6. The van der Waals surface area contributed by atoms with Gasteiger partial charge >= 0.3 is 0 Å². The van der Waals surface area contributed by atoms with Gasteiger partial charge in [0.15, 0.2) is 0 Å². The van der Waals surface area contributed by atoms with E-state index in [-0.39, 0.29) is 12.0 Å². The smallest absolute Gasteiger partial charge is 0.116 e. The number of halogens is 1. The first-order valence-corrected chi connectivity index (χ1v) is 11.8. The summed E-state index contributed by atoms with van der Waals surface area (Å²) in [6, 6.07) is 15.1. The van der Waals surface area contributed by atoms with E-state index in [4.69, 9.17) is 17.3 Å². The van der Waals surface area contributed by atoms with E-state index in [2.05, 4.69) is 65.3 Å². The highest BCUT2D eigenvalue weighted by Crippen LogP contribution is 2.40. The van der Waals surface area contributed by atoms with Crippen LogP contribution in [0.2, 0.25) is 5.02 Å². The number of hydrogen-bond donors (Lipinski definition) is 2. The predicted molar refractivity (Wildman–Crippen MR) is 132 cm³/mol. The zero-order valence-electron chi connectivity index (χ0n) is 18.6. The Bertz CT molecular complexity index is 1240. The van der Waals surface area contributed by atoms with Crippen LogP contribution in [0, 0.1) is 0 Å². The van der Waals surface area contributed by atoms with Crippen LogP contribution in [0.25, 0.3) is 22.2 Å². The Morgan fingerprint density at radius 3 is 2.72 bits per heavy atom. The summed E-state index contributed by atoms with van der Waals surface area (Å²) in [5, 5.41) is 2.01. The van der Waals surface area contributed by atoms with Gasteiger partial charge in [0.25, 0.3) is 0 Å². The number of benzene rings is 2. The molecule has 0 spiro atoms. The Labute approximate surface area is 194 Å². The van der Waals surface area contributed by atoms with Gasteiger partial charge in [0.2, 0.25) is 0 Å². The Morgan fingerprint density at radius 2 is 1.94 bits per heavy atom. The minimum absolute atomic E-state index is 0.170. The standard InChI is InChI=1S/C27H29ClN4/c1-16-3-12-24-26(16)27(32-15-31-24)19-7-11-22-23(14-30-25(22)13-19)21(10-4-17(2)29)18-5-8-20(28)9-6-18/h5-9,11,13-17,21,30H,3-4,10,12,29H2,1-2H3/t16-,17?,21-/m1/s1. The second-order valence-electron chi connectivity index (χ2n) is 9.19. The van der Waals surface area contributed by atoms with Crippen molar-refractivity contribution in [3.63, 3.8) is 0 Å². The maximum atomic E-state index is 6.15. The van der Waals surface area contributed by atoms with Gasteiger partial charge in [-0.1, -0.05) is 42.8 Å². The fourth-order valence-electron chi connectivity index (χ4n) is 5.09. The Hall–Kier alpha value is -2.69. The summed E-state index contributed by atoms with van der Waals surface area (Å²) >= 11 is 6.15. The van der Waals surface area contributed by atoms with Gasteiger partial charge in [0.1, 0.15) is 6.33 Å². The van der Waals surface area contributed by atoms with E-state index < -0.39 is 0 Å². The van der Waals surface area contributed by atoms with Gasteiger partial charge in [0, 0.05) is 50.9 Å². The second-order valence-corrected chi connectivity index (χ2v) is 9.62. The summed E-state index contributed by atoms with van der Waals surface area (Å²) in [7, 11) is 0. The zero-order chi connectivity index (χ0) is 22.2. The second kappa shape index (κ2) is 8.68. The van der Waals surface area contributed by atoms with Crippen LogP contribution < -0.4 is 5.73 Å². The molecule has 1 aliphatic carbocycles. The fourth-order valence-corrected chi connectivity index (χ4v) is 5.21. The molecule has 32 heavy (non-hydrogen) atoms. The average Bonchev–Trinajstić information content (AvgIpc) is 3.38. The minimum atomic E-state index is 0.170. The molecule has 2 heterocycles. The number of aryl methyl sites for hydroxylation is 1. The van der Waals surface area contributed by atoms with Crippen LogP contribution in [0.5, 0.6) is 0 Å². The molecule has 0 saturated carbocycles. The van der Waals surface area contributed by atoms with Gasteiger partial charge in [-0.3, -0.25) is 0 Å². The predicted octanol–water partition coefficient (Wildman–Crippen LogP) is 6.59. The van der Waals surface area contributed by atoms with Crippen molar-refractivity contribution in [2.24, 2.45) is 5.73 Å². The van der Waals surface area contributed by atoms with Crippen molar-refractivity contribution < 1.29 is 0 Å². The molecule has 0 saturated heterocycles. The van der Waals surface area contributed by atoms with Crippen molar-refractivity contribution in [1.82, 2.24) is 15.0 Å². The number of H-pyrrole nitrogens is 1. The zero-order valence-corrected chi connectivity index (χ0v) is 19.4. The molecule has 2 aromatic heterocycles. The van der Waals surface area contributed by atoms with E-state index in [1.54, 1.807) is 6.33 Å². The average molecular weight is 445 g/mol.